The number of rotatable bonds is 9. The largest absolute Gasteiger partial charge is 0.507 e. The third kappa shape index (κ3) is 6.05. The van der Waals surface area contributed by atoms with Crippen LogP contribution in [0, 0.1) is 0 Å². The van der Waals surface area contributed by atoms with E-state index in [0.717, 1.165) is 12.2 Å². The number of phenols is 3. The van der Waals surface area contributed by atoms with Crippen LogP contribution in [-0.2, 0) is 14.4 Å². The number of fused-ring (bicyclic) bond motifs is 1. The summed E-state index contributed by atoms with van der Waals surface area (Å²) in [5.41, 5.74) is 0.654. The molecule has 0 aliphatic rings. The molecule has 0 bridgehead atoms. The van der Waals surface area contributed by atoms with E-state index in [2.05, 4.69) is 0 Å². The number of ketones is 3. The zero-order chi connectivity index (χ0) is 28.8. The zero-order valence-electron chi connectivity index (χ0n) is 21.0. The lowest BCUT2D eigenvalue weighted by Gasteiger charge is -2.10. The molecule has 0 saturated carbocycles. The molecule has 40 heavy (non-hydrogen) atoms. The minimum absolute atomic E-state index is 0.0865. The fraction of sp³-hybridized carbons (Fsp3) is 0.0323. The Labute approximate surface area is 227 Å². The molecule has 0 aliphatic carbocycles. The van der Waals surface area contributed by atoms with Crippen LogP contribution in [0.4, 0.5) is 0 Å². The quantitative estimate of drug-likeness (QED) is 0.0913. The topological polar surface area (TPSA) is 147 Å². The smallest absolute Gasteiger partial charge is 0.348 e. The molecular formula is C31H22O9. The number of allylic oxidation sites excluding steroid dienone is 2. The third-order valence-corrected chi connectivity index (χ3v) is 5.80. The highest BCUT2D eigenvalue weighted by molar-refractivity contribution is 6.68. The van der Waals surface area contributed by atoms with Gasteiger partial charge in [-0.2, -0.15) is 0 Å². The van der Waals surface area contributed by atoms with Gasteiger partial charge in [0.15, 0.2) is 23.0 Å². The lowest BCUT2D eigenvalue weighted by molar-refractivity contribution is -0.140. The number of ether oxygens (including phenoxy) is 2. The first-order chi connectivity index (χ1) is 19.2. The van der Waals surface area contributed by atoms with E-state index in [1.807, 2.05) is 0 Å². The molecule has 0 radical (unpaired) electrons. The Morgan fingerprint density at radius 3 is 1.85 bits per heavy atom. The Bertz CT molecular complexity index is 1710. The van der Waals surface area contributed by atoms with E-state index in [1.54, 1.807) is 30.3 Å². The number of methoxy groups -OCH3 is 1. The highest BCUT2D eigenvalue weighted by Crippen LogP contribution is 2.32. The van der Waals surface area contributed by atoms with Gasteiger partial charge < -0.3 is 24.8 Å². The predicted molar refractivity (Wildman–Crippen MR) is 146 cm³/mol. The van der Waals surface area contributed by atoms with Crippen LogP contribution in [0.1, 0.15) is 21.5 Å². The van der Waals surface area contributed by atoms with E-state index in [9.17, 15) is 34.5 Å². The average molecular weight is 539 g/mol. The van der Waals surface area contributed by atoms with Crippen molar-refractivity contribution < 1.29 is 44.0 Å². The van der Waals surface area contributed by atoms with Gasteiger partial charge in [-0.25, -0.2) is 4.79 Å². The summed E-state index contributed by atoms with van der Waals surface area (Å²) in [7, 11) is 1.36. The maximum absolute atomic E-state index is 12.9. The van der Waals surface area contributed by atoms with Crippen LogP contribution in [0.15, 0.2) is 84.9 Å². The van der Waals surface area contributed by atoms with Crippen LogP contribution in [0.2, 0.25) is 0 Å². The molecule has 200 valence electrons. The van der Waals surface area contributed by atoms with Crippen LogP contribution in [0.25, 0.3) is 22.9 Å². The first-order valence-electron chi connectivity index (χ1n) is 11.8. The Morgan fingerprint density at radius 2 is 1.23 bits per heavy atom. The maximum Gasteiger partial charge on any atom is 0.348 e. The molecule has 0 unspecified atom stereocenters. The van der Waals surface area contributed by atoms with Crippen molar-refractivity contribution in [3.63, 3.8) is 0 Å². The van der Waals surface area contributed by atoms with Crippen LogP contribution >= 0.6 is 0 Å². The minimum atomic E-state index is -1.28. The van der Waals surface area contributed by atoms with Crippen molar-refractivity contribution in [1.29, 1.82) is 0 Å². The Kier molecular flexibility index (Phi) is 8.05. The standard InChI is InChI=1S/C31H22O9/c1-39-27-16-18(6-11-22(27)32)8-13-25(35)30(37)26(36)14-9-19-7-12-23(33)28(17-19)40-31(38)29-21-5-3-2-4-20(21)10-15-24(29)34/h2-17,32-34H,1H3/b13-8+,14-9+. The number of Topliss-reactive ketones (excluding diaryl/α,β-unsaturated/α-hetero) is 1. The van der Waals surface area contributed by atoms with Crippen molar-refractivity contribution in [3.05, 3.63) is 102 Å². The molecule has 0 saturated heterocycles. The Hall–Kier alpha value is -5.70. The fourth-order valence-corrected chi connectivity index (χ4v) is 3.76. The second-order valence-corrected chi connectivity index (χ2v) is 8.45. The van der Waals surface area contributed by atoms with E-state index >= 15 is 0 Å². The summed E-state index contributed by atoms with van der Waals surface area (Å²) in [6.07, 6.45) is 4.33. The number of aromatic hydroxyl groups is 3. The van der Waals surface area contributed by atoms with Crippen LogP contribution in [0.3, 0.4) is 0 Å². The number of benzene rings is 4. The van der Waals surface area contributed by atoms with Crippen molar-refractivity contribution in [2.24, 2.45) is 0 Å². The first kappa shape index (κ1) is 27.3. The number of hydrogen-bond donors (Lipinski definition) is 3. The molecule has 4 rings (SSSR count). The first-order valence-corrected chi connectivity index (χ1v) is 11.8. The van der Waals surface area contributed by atoms with E-state index in [0.29, 0.717) is 16.3 Å². The van der Waals surface area contributed by atoms with Crippen molar-refractivity contribution >= 4 is 46.2 Å². The molecule has 0 aliphatic heterocycles. The third-order valence-electron chi connectivity index (χ3n) is 5.80. The van der Waals surface area contributed by atoms with E-state index < -0.39 is 23.3 Å². The SMILES string of the molecule is COc1cc(/C=C/C(=O)C(=O)C(=O)/C=C/c2ccc(O)c(OC(=O)c3c(O)ccc4ccccc34)c2)ccc1O. The van der Waals surface area contributed by atoms with E-state index in [1.165, 1.54) is 61.7 Å². The number of phenolic OH excluding ortho intramolecular Hbond substituents is 3. The number of esters is 1. The summed E-state index contributed by atoms with van der Waals surface area (Å²) in [6.45, 7) is 0. The summed E-state index contributed by atoms with van der Waals surface area (Å²) in [6, 6.07) is 18.1. The maximum atomic E-state index is 12.9. The molecule has 0 amide bonds. The lowest BCUT2D eigenvalue weighted by atomic mass is 10.0. The number of carbonyl (C=O) groups excluding carboxylic acids is 4. The van der Waals surface area contributed by atoms with Crippen LogP contribution < -0.4 is 9.47 Å². The summed E-state index contributed by atoms with van der Waals surface area (Å²) < 4.78 is 10.3. The fourth-order valence-electron chi connectivity index (χ4n) is 3.76. The van der Waals surface area contributed by atoms with E-state index in [-0.39, 0.29) is 39.9 Å². The highest BCUT2D eigenvalue weighted by atomic mass is 16.5. The van der Waals surface area contributed by atoms with Gasteiger partial charge in [0.2, 0.25) is 11.6 Å². The van der Waals surface area contributed by atoms with Crippen molar-refractivity contribution in [1.82, 2.24) is 0 Å². The molecular weight excluding hydrogens is 516 g/mol. The van der Waals surface area contributed by atoms with Crippen LogP contribution in [-0.4, -0.2) is 45.7 Å². The molecule has 0 heterocycles. The predicted octanol–water partition coefficient (Wildman–Crippen LogP) is 4.62. The summed E-state index contributed by atoms with van der Waals surface area (Å²) in [5, 5.41) is 31.2. The van der Waals surface area contributed by atoms with Crippen LogP contribution in [0.5, 0.6) is 28.7 Å². The van der Waals surface area contributed by atoms with Gasteiger partial charge in [0.25, 0.3) is 5.78 Å². The van der Waals surface area contributed by atoms with Crippen molar-refractivity contribution in [2.75, 3.05) is 7.11 Å². The second-order valence-electron chi connectivity index (χ2n) is 8.45. The molecule has 0 aromatic heterocycles. The molecule has 0 fully saturated rings. The monoisotopic (exact) mass is 538 g/mol. The van der Waals surface area contributed by atoms with Gasteiger partial charge in [0.05, 0.1) is 7.11 Å². The molecule has 4 aromatic rings. The minimum Gasteiger partial charge on any atom is -0.507 e. The van der Waals surface area contributed by atoms with Gasteiger partial charge in [0, 0.05) is 0 Å². The molecule has 4 aromatic carbocycles. The normalized spacial score (nSPS) is 11.1. The van der Waals surface area contributed by atoms with Gasteiger partial charge in [-0.05, 0) is 64.4 Å². The van der Waals surface area contributed by atoms with Gasteiger partial charge in [-0.3, -0.25) is 14.4 Å². The molecule has 0 spiro atoms. The zero-order valence-corrected chi connectivity index (χ0v) is 21.0. The van der Waals surface area contributed by atoms with E-state index in [4.69, 9.17) is 9.47 Å². The van der Waals surface area contributed by atoms with Gasteiger partial charge in [0.1, 0.15) is 11.3 Å². The van der Waals surface area contributed by atoms with Crippen molar-refractivity contribution in [3.8, 4) is 28.7 Å². The molecule has 9 heteroatoms. The Balaban J connectivity index is 1.46. The molecule has 0 atom stereocenters. The number of hydrogen-bond acceptors (Lipinski definition) is 9. The van der Waals surface area contributed by atoms with Gasteiger partial charge in [-0.1, -0.05) is 54.6 Å². The lowest BCUT2D eigenvalue weighted by Crippen LogP contribution is -2.20. The molecule has 9 nitrogen and oxygen atoms in total. The second kappa shape index (κ2) is 11.8. The Morgan fingerprint density at radius 1 is 0.675 bits per heavy atom. The summed E-state index contributed by atoms with van der Waals surface area (Å²) in [5.74, 6) is -5.20. The van der Waals surface area contributed by atoms with Gasteiger partial charge >= 0.3 is 5.97 Å². The summed E-state index contributed by atoms with van der Waals surface area (Å²) >= 11 is 0. The average Bonchev–Trinajstić information content (AvgIpc) is 2.96. The number of carbonyl (C=O) groups is 4. The molecule has 3 N–H and O–H groups in total. The summed E-state index contributed by atoms with van der Waals surface area (Å²) in [4.78, 5) is 49.6. The van der Waals surface area contributed by atoms with Gasteiger partial charge in [-0.15, -0.1) is 0 Å². The highest BCUT2D eigenvalue weighted by Gasteiger charge is 2.20. The van der Waals surface area contributed by atoms with Crippen molar-refractivity contribution in [2.45, 2.75) is 0 Å².